The van der Waals surface area contributed by atoms with Gasteiger partial charge in [-0.25, -0.2) is 0 Å². The number of esters is 1. The lowest BCUT2D eigenvalue weighted by Crippen LogP contribution is -2.63. The highest BCUT2D eigenvalue weighted by molar-refractivity contribution is 5.66. The van der Waals surface area contributed by atoms with Crippen LogP contribution in [-0.2, 0) is 28.5 Å². The molecule has 7 nitrogen and oxygen atoms in total. The molecule has 0 saturated carbocycles. The van der Waals surface area contributed by atoms with E-state index in [4.69, 9.17) is 23.7 Å². The molecule has 0 aromatic heterocycles. The minimum atomic E-state index is -1.07. The van der Waals surface area contributed by atoms with Crippen LogP contribution in [0.25, 0.3) is 0 Å². The molecule has 1 aromatic rings. The van der Waals surface area contributed by atoms with Crippen LogP contribution in [0, 0.1) is 0 Å². The fraction of sp³-hybridized carbons (Fsp3) is 0.562. The van der Waals surface area contributed by atoms with Crippen LogP contribution in [0.1, 0.15) is 18.8 Å². The molecule has 0 radical (unpaired) electrons. The van der Waals surface area contributed by atoms with E-state index in [9.17, 15) is 9.90 Å². The van der Waals surface area contributed by atoms with Gasteiger partial charge in [0.2, 0.25) is 0 Å². The minimum Gasteiger partial charge on any atom is -0.454 e. The Bertz CT molecular complexity index is 534. The van der Waals surface area contributed by atoms with Crippen LogP contribution in [0.4, 0.5) is 0 Å². The molecule has 2 fully saturated rings. The molecule has 0 bridgehead atoms. The maximum absolute atomic E-state index is 11.3. The summed E-state index contributed by atoms with van der Waals surface area (Å²) in [5, 5.41) is 10.6. The van der Waals surface area contributed by atoms with Gasteiger partial charge in [0.05, 0.1) is 6.61 Å². The lowest BCUT2D eigenvalue weighted by atomic mass is 9.97. The first-order chi connectivity index (χ1) is 11.1. The number of hydrogen-bond donors (Lipinski definition) is 1. The zero-order valence-electron chi connectivity index (χ0n) is 13.0. The van der Waals surface area contributed by atoms with Gasteiger partial charge in [0.1, 0.15) is 18.3 Å². The third kappa shape index (κ3) is 3.39. The third-order valence-electron chi connectivity index (χ3n) is 3.92. The number of ether oxygens (including phenoxy) is 5. The van der Waals surface area contributed by atoms with E-state index in [1.54, 1.807) is 0 Å². The average Bonchev–Trinajstić information content (AvgIpc) is 2.57. The first kappa shape index (κ1) is 16.4. The van der Waals surface area contributed by atoms with E-state index >= 15 is 0 Å². The summed E-state index contributed by atoms with van der Waals surface area (Å²) in [4.78, 5) is 11.3. The van der Waals surface area contributed by atoms with Gasteiger partial charge in [-0.05, 0) is 0 Å². The van der Waals surface area contributed by atoms with E-state index in [-0.39, 0.29) is 6.61 Å². The number of rotatable bonds is 3. The van der Waals surface area contributed by atoms with Crippen molar-refractivity contribution in [2.24, 2.45) is 0 Å². The maximum atomic E-state index is 11.3. The van der Waals surface area contributed by atoms with Gasteiger partial charge in [0.15, 0.2) is 18.7 Å². The van der Waals surface area contributed by atoms with E-state index in [2.05, 4.69) is 0 Å². The molecule has 2 aliphatic heterocycles. The summed E-state index contributed by atoms with van der Waals surface area (Å²) >= 11 is 0. The van der Waals surface area contributed by atoms with Crippen LogP contribution in [0.2, 0.25) is 0 Å². The third-order valence-corrected chi connectivity index (χ3v) is 3.92. The highest BCUT2D eigenvalue weighted by atomic mass is 16.8. The van der Waals surface area contributed by atoms with Crippen molar-refractivity contribution in [3.05, 3.63) is 35.9 Å². The summed E-state index contributed by atoms with van der Waals surface area (Å²) in [6.07, 6.45) is -4.67. The fourth-order valence-corrected chi connectivity index (χ4v) is 2.85. The first-order valence-electron chi connectivity index (χ1n) is 7.45. The average molecular weight is 324 g/mol. The summed E-state index contributed by atoms with van der Waals surface area (Å²) in [5.41, 5.74) is 0.844. The van der Waals surface area contributed by atoms with E-state index in [0.29, 0.717) is 0 Å². The monoisotopic (exact) mass is 324 g/mol. The van der Waals surface area contributed by atoms with E-state index in [1.807, 2.05) is 30.3 Å². The molecule has 2 heterocycles. The Kier molecular flexibility index (Phi) is 4.93. The molecule has 2 aliphatic rings. The summed E-state index contributed by atoms with van der Waals surface area (Å²) in [6, 6.07) is 9.41. The predicted molar refractivity (Wildman–Crippen MR) is 77.2 cm³/mol. The Balaban J connectivity index is 1.76. The summed E-state index contributed by atoms with van der Waals surface area (Å²) in [6.45, 7) is 1.51. The van der Waals surface area contributed by atoms with Crippen LogP contribution in [0.5, 0.6) is 0 Å². The summed E-state index contributed by atoms with van der Waals surface area (Å²) < 4.78 is 27.5. The van der Waals surface area contributed by atoms with Gasteiger partial charge in [0.25, 0.3) is 0 Å². The summed E-state index contributed by atoms with van der Waals surface area (Å²) in [5.74, 6) is -0.523. The van der Waals surface area contributed by atoms with Gasteiger partial charge in [-0.1, -0.05) is 30.3 Å². The number of aliphatic hydroxyl groups is 1. The van der Waals surface area contributed by atoms with Crippen molar-refractivity contribution in [2.75, 3.05) is 13.7 Å². The molecule has 23 heavy (non-hydrogen) atoms. The topological polar surface area (TPSA) is 83.5 Å². The fourth-order valence-electron chi connectivity index (χ4n) is 2.85. The zero-order valence-corrected chi connectivity index (χ0v) is 13.0. The molecule has 7 heteroatoms. The van der Waals surface area contributed by atoms with Crippen molar-refractivity contribution in [1.29, 1.82) is 0 Å². The zero-order chi connectivity index (χ0) is 16.4. The number of methoxy groups -OCH3 is 1. The molecule has 3 rings (SSSR count). The molecule has 1 aromatic carbocycles. The van der Waals surface area contributed by atoms with Gasteiger partial charge in [-0.3, -0.25) is 4.79 Å². The van der Waals surface area contributed by atoms with Crippen LogP contribution < -0.4 is 0 Å². The standard InChI is InChI=1S/C16H20O7/c1-9(17)21-14-12(18)13-11(22-16(14)19-2)8-20-15(23-13)10-6-4-3-5-7-10/h3-7,11-16,18H,8H2,1-2H3/t11-,12-,13-,14+,15-,16+/m1/s1. The molecule has 6 atom stereocenters. The van der Waals surface area contributed by atoms with Gasteiger partial charge < -0.3 is 28.8 Å². The van der Waals surface area contributed by atoms with Gasteiger partial charge in [-0.2, -0.15) is 0 Å². The number of carbonyl (C=O) groups is 1. The second-order valence-electron chi connectivity index (χ2n) is 5.52. The largest absolute Gasteiger partial charge is 0.454 e. The highest BCUT2D eigenvalue weighted by Crippen LogP contribution is 2.35. The molecule has 0 aliphatic carbocycles. The van der Waals surface area contributed by atoms with Crippen LogP contribution in [0.15, 0.2) is 30.3 Å². The lowest BCUT2D eigenvalue weighted by Gasteiger charge is -2.46. The van der Waals surface area contributed by atoms with Crippen molar-refractivity contribution in [3.8, 4) is 0 Å². The van der Waals surface area contributed by atoms with Gasteiger partial charge >= 0.3 is 5.97 Å². The Morgan fingerprint density at radius 1 is 1.26 bits per heavy atom. The number of fused-ring (bicyclic) bond motifs is 1. The van der Waals surface area contributed by atoms with Crippen molar-refractivity contribution in [3.63, 3.8) is 0 Å². The van der Waals surface area contributed by atoms with Gasteiger partial charge in [0, 0.05) is 19.6 Å². The van der Waals surface area contributed by atoms with Crippen molar-refractivity contribution in [2.45, 2.75) is 43.9 Å². The van der Waals surface area contributed by atoms with E-state index in [1.165, 1.54) is 14.0 Å². The Morgan fingerprint density at radius 2 is 2.00 bits per heavy atom. The Hall–Kier alpha value is -1.51. The Morgan fingerprint density at radius 3 is 2.65 bits per heavy atom. The van der Waals surface area contributed by atoms with Crippen LogP contribution >= 0.6 is 0 Å². The summed E-state index contributed by atoms with van der Waals surface area (Å²) in [7, 11) is 1.42. The molecular weight excluding hydrogens is 304 g/mol. The molecule has 0 amide bonds. The number of aliphatic hydroxyl groups excluding tert-OH is 1. The highest BCUT2D eigenvalue weighted by Gasteiger charge is 2.51. The lowest BCUT2D eigenvalue weighted by molar-refractivity contribution is -0.358. The van der Waals surface area contributed by atoms with Crippen LogP contribution in [0.3, 0.4) is 0 Å². The Labute approximate surface area is 134 Å². The number of benzene rings is 1. The minimum absolute atomic E-state index is 0.244. The van der Waals surface area contributed by atoms with Crippen molar-refractivity contribution in [1.82, 2.24) is 0 Å². The normalized spacial score (nSPS) is 37.0. The molecular formula is C16H20O7. The second kappa shape index (κ2) is 6.94. The smallest absolute Gasteiger partial charge is 0.303 e. The van der Waals surface area contributed by atoms with E-state index < -0.39 is 43.0 Å². The molecule has 0 unspecified atom stereocenters. The van der Waals surface area contributed by atoms with E-state index in [0.717, 1.165) is 5.56 Å². The number of carbonyl (C=O) groups excluding carboxylic acids is 1. The first-order valence-corrected chi connectivity index (χ1v) is 7.45. The maximum Gasteiger partial charge on any atom is 0.303 e. The molecule has 126 valence electrons. The quantitative estimate of drug-likeness (QED) is 0.822. The number of hydrogen-bond acceptors (Lipinski definition) is 7. The molecule has 1 N–H and O–H groups in total. The molecule has 0 spiro atoms. The second-order valence-corrected chi connectivity index (χ2v) is 5.52. The van der Waals surface area contributed by atoms with Gasteiger partial charge in [-0.15, -0.1) is 0 Å². The molecule has 2 saturated heterocycles. The van der Waals surface area contributed by atoms with Crippen molar-refractivity contribution < 1.29 is 33.6 Å². The SMILES string of the molecule is CO[C@H]1O[C@@H]2CO[C@@H](c3ccccc3)O[C@H]2[C@@H](O)[C@@H]1OC(C)=O. The predicted octanol–water partition coefficient (Wildman–Crippen LogP) is 0.764. The van der Waals surface area contributed by atoms with Crippen molar-refractivity contribution >= 4 is 5.97 Å². The van der Waals surface area contributed by atoms with Crippen LogP contribution in [-0.4, -0.2) is 55.5 Å².